The zero-order valence-corrected chi connectivity index (χ0v) is 4.97. The molecule has 5 radical (unpaired) electrons. The highest BCUT2D eigenvalue weighted by Gasteiger charge is 1.94. The Balaban J connectivity index is 0.000000145. The Labute approximate surface area is 54.2 Å². The van der Waals surface area contributed by atoms with Crippen molar-refractivity contribution in [3.8, 4) is 0 Å². The lowest BCUT2D eigenvalue weighted by molar-refractivity contribution is 0.198. The molecule has 1 heterocycles. The second-order valence-corrected chi connectivity index (χ2v) is 1.51. The normalized spacial score (nSPS) is 16.5. The monoisotopic (exact) mass is 105 g/mol. The molecule has 4 heteroatoms. The molecule has 0 aromatic carbocycles. The fraction of sp³-hybridized carbons (Fsp3) is 1.00. The van der Waals surface area contributed by atoms with Gasteiger partial charge in [-0.2, -0.15) is 0 Å². The van der Waals surface area contributed by atoms with Gasteiger partial charge in [0.15, 0.2) is 0 Å². The van der Waals surface area contributed by atoms with Gasteiger partial charge in [-0.05, 0) is 12.8 Å². The summed E-state index contributed by atoms with van der Waals surface area (Å²) >= 11 is 0. The van der Waals surface area contributed by atoms with Gasteiger partial charge in [-0.3, -0.25) is 0 Å². The van der Waals surface area contributed by atoms with Crippen molar-refractivity contribution in [2.45, 2.75) is 12.8 Å². The summed E-state index contributed by atoms with van der Waals surface area (Å²) in [6.45, 7) is 2.00. The van der Waals surface area contributed by atoms with E-state index < -0.39 is 0 Å². The highest BCUT2D eigenvalue weighted by atomic mass is 16.5. The summed E-state index contributed by atoms with van der Waals surface area (Å²) < 4.78 is 4.94. The van der Waals surface area contributed by atoms with E-state index in [4.69, 9.17) is 4.74 Å². The van der Waals surface area contributed by atoms with Crippen LogP contribution in [-0.2, 0) is 4.74 Å². The van der Waals surface area contributed by atoms with E-state index in [1.54, 1.807) is 0 Å². The van der Waals surface area contributed by atoms with Gasteiger partial charge in [0.2, 0.25) is 0 Å². The van der Waals surface area contributed by atoms with Crippen molar-refractivity contribution in [1.82, 2.24) is 0 Å². The van der Waals surface area contributed by atoms with Crippen LogP contribution in [0.2, 0.25) is 0 Å². The van der Waals surface area contributed by atoms with Gasteiger partial charge in [0.1, 0.15) is 0 Å². The fourth-order valence-electron chi connectivity index (χ4n) is 0.510. The van der Waals surface area contributed by atoms with Crippen LogP contribution >= 0.6 is 0 Å². The van der Waals surface area contributed by atoms with Crippen molar-refractivity contribution in [1.29, 1.82) is 0 Å². The summed E-state index contributed by atoms with van der Waals surface area (Å²) in [5.74, 6) is 0. The molecule has 0 aromatic heterocycles. The van der Waals surface area contributed by atoms with Crippen LogP contribution in [0.3, 0.4) is 0 Å². The third-order valence-corrected chi connectivity index (χ3v) is 0.827. The van der Waals surface area contributed by atoms with Crippen LogP contribution in [0.4, 0.5) is 0 Å². The summed E-state index contributed by atoms with van der Waals surface area (Å²) in [5, 5.41) is 0. The maximum atomic E-state index is 4.94. The first kappa shape index (κ1) is 8.15. The molecule has 0 aromatic rings. The van der Waals surface area contributed by atoms with Crippen molar-refractivity contribution in [3.05, 3.63) is 0 Å². The van der Waals surface area contributed by atoms with Crippen LogP contribution < -0.4 is 0 Å². The minimum Gasteiger partial charge on any atom is -0.381 e. The Hall–Kier alpha value is 0.155. The Kier molecular flexibility index (Phi) is 7.29. The molecule has 0 atom stereocenters. The van der Waals surface area contributed by atoms with Crippen molar-refractivity contribution in [2.75, 3.05) is 13.2 Å². The number of hydrogen-bond donors (Lipinski definition) is 0. The quantitative estimate of drug-likeness (QED) is 0.382. The van der Waals surface area contributed by atoms with Gasteiger partial charge in [-0.15, -0.1) is 0 Å². The van der Waals surface area contributed by atoms with Crippen LogP contribution in [0.15, 0.2) is 0 Å². The average Bonchev–Trinajstić information content (AvgIpc) is 2.17. The number of ether oxygens (including phenoxy) is 1. The third kappa shape index (κ3) is 6.15. The molecule has 1 rings (SSSR count). The molecule has 0 aliphatic carbocycles. The van der Waals surface area contributed by atoms with Gasteiger partial charge in [0, 0.05) is 35.7 Å². The molecule has 0 unspecified atom stereocenters. The van der Waals surface area contributed by atoms with Crippen LogP contribution in [0, 0.1) is 0 Å². The van der Waals surface area contributed by atoms with Crippen LogP contribution in [0.25, 0.3) is 0 Å². The van der Waals surface area contributed by atoms with E-state index in [-0.39, 0.29) is 0 Å². The lowest BCUT2D eigenvalue weighted by Gasteiger charge is -1.76. The van der Waals surface area contributed by atoms with Crippen molar-refractivity contribution in [2.24, 2.45) is 0 Å². The van der Waals surface area contributed by atoms with Gasteiger partial charge < -0.3 is 4.74 Å². The second kappa shape index (κ2) is 7.15. The Morgan fingerprint density at radius 2 is 1.50 bits per heavy atom. The molecule has 0 N–H and O–H groups in total. The van der Waals surface area contributed by atoms with Gasteiger partial charge in [-0.1, -0.05) is 0 Å². The van der Waals surface area contributed by atoms with E-state index >= 15 is 0 Å². The molecule has 0 bridgehead atoms. The van der Waals surface area contributed by atoms with Gasteiger partial charge in [-0.25, -0.2) is 0 Å². The molecular weight excluding hydrogens is 96.5 g/mol. The number of hydrogen-bond acceptors (Lipinski definition) is 1. The summed E-state index contributed by atoms with van der Waals surface area (Å²) in [4.78, 5) is 0. The van der Waals surface area contributed by atoms with E-state index in [1.165, 1.54) is 12.8 Å². The van der Waals surface area contributed by atoms with E-state index in [2.05, 4.69) is 15.5 Å². The highest BCUT2D eigenvalue weighted by molar-refractivity contribution is 7.17. The smallest absolute Gasteiger partial charge is 0.0466 e. The summed E-state index contributed by atoms with van der Waals surface area (Å²) in [7, 11) is 10.0. The van der Waals surface area contributed by atoms with Gasteiger partial charge in [0.05, 0.1) is 0 Å². The van der Waals surface area contributed by atoms with Gasteiger partial charge >= 0.3 is 0 Å². The molecule has 1 aliphatic rings. The molecule has 39 valence electrons. The first-order chi connectivity index (χ1) is 3.91. The molecule has 8 heavy (non-hydrogen) atoms. The zero-order chi connectivity index (χ0) is 6.24. The standard InChI is InChI=1S/C4H8O.B3/c1-2-4-5-3-1;1-3-2/h1-4H2;. The van der Waals surface area contributed by atoms with Crippen molar-refractivity contribution >= 4 is 22.5 Å². The molecule has 1 fully saturated rings. The Morgan fingerprint density at radius 3 is 1.62 bits per heavy atom. The van der Waals surface area contributed by atoms with E-state index in [1.807, 2.05) is 0 Å². The summed E-state index contributed by atoms with van der Waals surface area (Å²) in [6.07, 6.45) is 2.56. The van der Waals surface area contributed by atoms with E-state index in [9.17, 15) is 0 Å². The zero-order valence-electron chi connectivity index (χ0n) is 4.97. The molecule has 1 nitrogen and oxygen atoms in total. The van der Waals surface area contributed by atoms with Crippen molar-refractivity contribution < 1.29 is 4.74 Å². The second-order valence-electron chi connectivity index (χ2n) is 1.51. The minimum atomic E-state index is 1.00. The molecule has 0 saturated carbocycles. The van der Waals surface area contributed by atoms with E-state index in [0.29, 0.717) is 0 Å². The lowest BCUT2D eigenvalue weighted by Crippen LogP contribution is -1.79. The number of rotatable bonds is 0. The Morgan fingerprint density at radius 1 is 1.12 bits per heavy atom. The first-order valence-electron chi connectivity index (χ1n) is 2.74. The lowest BCUT2D eigenvalue weighted by atomic mass is 9.40. The van der Waals surface area contributed by atoms with Gasteiger partial charge in [0.25, 0.3) is 0 Å². The maximum Gasteiger partial charge on any atom is 0.0466 e. The maximum absolute atomic E-state index is 4.94. The predicted molar refractivity (Wildman–Crippen MR) is 37.3 cm³/mol. The largest absolute Gasteiger partial charge is 0.381 e. The first-order valence-corrected chi connectivity index (χ1v) is 2.74. The summed E-state index contributed by atoms with van der Waals surface area (Å²) in [5.41, 5.74) is 0. The molecule has 0 amide bonds. The molecule has 1 aliphatic heterocycles. The van der Waals surface area contributed by atoms with Crippen molar-refractivity contribution in [3.63, 3.8) is 0 Å². The average molecular weight is 105 g/mol. The fourth-order valence-corrected chi connectivity index (χ4v) is 0.510. The topological polar surface area (TPSA) is 9.23 Å². The predicted octanol–water partition coefficient (Wildman–Crippen LogP) is -0.346. The molecule has 1 saturated heterocycles. The van der Waals surface area contributed by atoms with Crippen LogP contribution in [-0.4, -0.2) is 35.7 Å². The molecular formula is C4H8B3O. The summed E-state index contributed by atoms with van der Waals surface area (Å²) in [6, 6.07) is 0. The minimum absolute atomic E-state index is 1.00. The highest BCUT2D eigenvalue weighted by Crippen LogP contribution is 1.98. The van der Waals surface area contributed by atoms with E-state index in [0.717, 1.165) is 20.3 Å². The SMILES string of the molecule is C1CCOC1.[B][B][B]. The third-order valence-electron chi connectivity index (χ3n) is 0.827. The Bertz CT molecular complexity index is 30.7. The van der Waals surface area contributed by atoms with Crippen LogP contribution in [0.1, 0.15) is 12.8 Å². The van der Waals surface area contributed by atoms with Crippen LogP contribution in [0.5, 0.6) is 0 Å². The molecule has 0 spiro atoms.